The molecule has 0 unspecified atom stereocenters. The van der Waals surface area contributed by atoms with E-state index in [2.05, 4.69) is 30.3 Å². The first-order valence-electron chi connectivity index (χ1n) is 11.9. The molecule has 2 aliphatic rings. The van der Waals surface area contributed by atoms with Gasteiger partial charge in [0, 0.05) is 30.1 Å². The number of aryl methyl sites for hydroxylation is 1. The first-order chi connectivity index (χ1) is 16.2. The molecule has 2 aromatic carbocycles. The van der Waals surface area contributed by atoms with Crippen molar-refractivity contribution < 1.29 is 19.1 Å². The lowest BCUT2D eigenvalue weighted by molar-refractivity contribution is -0.185. The van der Waals surface area contributed by atoms with Crippen LogP contribution in [0, 0.1) is 0 Å². The van der Waals surface area contributed by atoms with Crippen molar-refractivity contribution >= 4 is 16.9 Å². The number of hydroxylamine groups is 2. The van der Waals surface area contributed by atoms with Crippen molar-refractivity contribution in [2.75, 3.05) is 26.8 Å². The van der Waals surface area contributed by atoms with Gasteiger partial charge in [0.15, 0.2) is 11.5 Å². The molecule has 33 heavy (non-hydrogen) atoms. The molecule has 1 saturated heterocycles. The number of carbonyl (C=O) groups excluding carboxylic acids is 1. The first-order valence-corrected chi connectivity index (χ1v) is 11.9. The summed E-state index contributed by atoms with van der Waals surface area (Å²) >= 11 is 0. The third-order valence-electron chi connectivity index (χ3n) is 6.47. The molecule has 0 N–H and O–H groups in total. The van der Waals surface area contributed by atoms with Crippen LogP contribution >= 0.6 is 0 Å². The largest absolute Gasteiger partial charge is 0.493 e. The Labute approximate surface area is 194 Å². The average molecular weight is 447 g/mol. The topological polar surface area (TPSA) is 60.9 Å². The quantitative estimate of drug-likeness (QED) is 0.448. The van der Waals surface area contributed by atoms with Crippen molar-refractivity contribution in [1.82, 2.24) is 10.0 Å². The van der Waals surface area contributed by atoms with Gasteiger partial charge in [-0.1, -0.05) is 30.3 Å². The zero-order valence-corrected chi connectivity index (χ0v) is 19.1. The highest BCUT2D eigenvalue weighted by molar-refractivity contribution is 5.90. The normalized spacial score (nSPS) is 15.5. The minimum absolute atomic E-state index is 0.198. The number of hydrogen-bond acceptors (Lipinski definition) is 6. The highest BCUT2D eigenvalue weighted by Gasteiger charge is 2.22. The van der Waals surface area contributed by atoms with Crippen molar-refractivity contribution in [2.45, 2.75) is 44.9 Å². The zero-order valence-electron chi connectivity index (χ0n) is 19.1. The molecule has 1 fully saturated rings. The number of rotatable bonds is 8. The van der Waals surface area contributed by atoms with Crippen LogP contribution in [0.15, 0.2) is 42.5 Å². The van der Waals surface area contributed by atoms with Crippen molar-refractivity contribution in [2.24, 2.45) is 0 Å². The van der Waals surface area contributed by atoms with E-state index in [4.69, 9.17) is 19.3 Å². The van der Waals surface area contributed by atoms with Crippen LogP contribution in [0.2, 0.25) is 0 Å². The lowest BCUT2D eigenvalue weighted by atomic mass is 9.98. The van der Waals surface area contributed by atoms with Crippen molar-refractivity contribution in [3.8, 4) is 22.8 Å². The Morgan fingerprint density at radius 2 is 1.79 bits per heavy atom. The minimum Gasteiger partial charge on any atom is -0.493 e. The number of hydrogen-bond donors (Lipinski definition) is 0. The smallest absolute Gasteiger partial charge is 0.325 e. The molecule has 0 bridgehead atoms. The van der Waals surface area contributed by atoms with Crippen molar-refractivity contribution in [3.05, 3.63) is 53.6 Å². The third-order valence-corrected chi connectivity index (χ3v) is 6.47. The molecule has 172 valence electrons. The zero-order chi connectivity index (χ0) is 22.6. The van der Waals surface area contributed by atoms with E-state index in [9.17, 15) is 4.79 Å². The number of benzene rings is 2. The molecular formula is C27H30N2O4. The van der Waals surface area contributed by atoms with Gasteiger partial charge in [-0.3, -0.25) is 4.79 Å². The van der Waals surface area contributed by atoms with Crippen molar-refractivity contribution in [1.29, 1.82) is 0 Å². The lowest BCUT2D eigenvalue weighted by Crippen LogP contribution is -2.24. The summed E-state index contributed by atoms with van der Waals surface area (Å²) in [4.78, 5) is 22.5. The number of fused-ring (bicyclic) bond motifs is 3. The Morgan fingerprint density at radius 1 is 1.00 bits per heavy atom. The molecular weight excluding hydrogens is 416 g/mol. The highest BCUT2D eigenvalue weighted by Crippen LogP contribution is 2.40. The first kappa shape index (κ1) is 21.7. The molecule has 5 rings (SSSR count). The van der Waals surface area contributed by atoms with Crippen LogP contribution in [-0.2, 0) is 22.5 Å². The van der Waals surface area contributed by atoms with Crippen LogP contribution in [0.1, 0.15) is 43.2 Å². The third kappa shape index (κ3) is 4.67. The molecule has 1 aromatic heterocycles. The molecule has 6 nitrogen and oxygen atoms in total. The van der Waals surface area contributed by atoms with Gasteiger partial charge < -0.3 is 14.3 Å². The van der Waals surface area contributed by atoms with Gasteiger partial charge in [0.05, 0.1) is 31.3 Å². The van der Waals surface area contributed by atoms with Crippen LogP contribution in [-0.4, -0.2) is 42.8 Å². The number of carbonyl (C=O) groups is 1. The maximum Gasteiger partial charge on any atom is 0.325 e. The fourth-order valence-electron chi connectivity index (χ4n) is 4.85. The van der Waals surface area contributed by atoms with E-state index in [1.165, 1.54) is 11.1 Å². The number of ether oxygens (including phenoxy) is 2. The highest BCUT2D eigenvalue weighted by atomic mass is 16.7. The van der Waals surface area contributed by atoms with Gasteiger partial charge >= 0.3 is 5.97 Å². The Bertz CT molecular complexity index is 1140. The molecule has 0 spiro atoms. The van der Waals surface area contributed by atoms with Crippen LogP contribution in [0.5, 0.6) is 11.5 Å². The van der Waals surface area contributed by atoms with E-state index in [1.54, 1.807) is 12.2 Å². The molecule has 0 amide bonds. The number of nitrogens with zero attached hydrogens (tertiary/aromatic N) is 2. The summed E-state index contributed by atoms with van der Waals surface area (Å²) in [6.45, 7) is 2.07. The molecule has 6 heteroatoms. The van der Waals surface area contributed by atoms with Gasteiger partial charge in [0.2, 0.25) is 0 Å². The maximum absolute atomic E-state index is 12.0. The average Bonchev–Trinajstić information content (AvgIpc) is 3.54. The van der Waals surface area contributed by atoms with Gasteiger partial charge in [0.1, 0.15) is 0 Å². The second-order valence-corrected chi connectivity index (χ2v) is 8.71. The summed E-state index contributed by atoms with van der Waals surface area (Å²) in [6.07, 6.45) is 6.33. The SMILES string of the molecule is COc1cc2c3c(c(-c4ccccc4)nc2cc1OCCCC(=O)ON1CCCC1)CCC3. The van der Waals surface area contributed by atoms with Crippen LogP contribution in [0.25, 0.3) is 22.2 Å². The Balaban J connectivity index is 1.34. The second kappa shape index (κ2) is 9.79. The van der Waals surface area contributed by atoms with Gasteiger partial charge in [-0.15, -0.1) is 5.06 Å². The fourth-order valence-corrected chi connectivity index (χ4v) is 4.85. The Morgan fingerprint density at radius 3 is 2.58 bits per heavy atom. The minimum atomic E-state index is -0.198. The van der Waals surface area contributed by atoms with Crippen LogP contribution in [0.3, 0.4) is 0 Å². The van der Waals surface area contributed by atoms with E-state index >= 15 is 0 Å². The van der Waals surface area contributed by atoms with E-state index in [0.717, 1.165) is 67.4 Å². The summed E-state index contributed by atoms with van der Waals surface area (Å²) in [6, 6.07) is 14.4. The van der Waals surface area contributed by atoms with E-state index < -0.39 is 0 Å². The number of pyridine rings is 1. The molecule has 1 aliphatic heterocycles. The predicted molar refractivity (Wildman–Crippen MR) is 127 cm³/mol. The van der Waals surface area contributed by atoms with Gasteiger partial charge in [0.25, 0.3) is 0 Å². The molecule has 2 heterocycles. The fraction of sp³-hybridized carbons (Fsp3) is 0.407. The van der Waals surface area contributed by atoms with Crippen LogP contribution < -0.4 is 9.47 Å². The Kier molecular flexibility index (Phi) is 6.44. The lowest BCUT2D eigenvalue weighted by Gasteiger charge is -2.16. The van der Waals surface area contributed by atoms with Crippen molar-refractivity contribution in [3.63, 3.8) is 0 Å². The standard InChI is InChI=1S/C27H30N2O4/c1-31-24-17-22-20-11-7-12-21(20)27(19-9-3-2-4-10-19)28-23(22)18-25(24)32-16-8-13-26(30)33-29-14-5-6-15-29/h2-4,9-10,17-18H,5-8,11-16H2,1H3. The molecule has 0 saturated carbocycles. The van der Waals surface area contributed by atoms with Crippen LogP contribution in [0.4, 0.5) is 0 Å². The van der Waals surface area contributed by atoms with E-state index in [0.29, 0.717) is 30.9 Å². The molecule has 3 aromatic rings. The van der Waals surface area contributed by atoms with Gasteiger partial charge in [-0.05, 0) is 55.7 Å². The monoisotopic (exact) mass is 446 g/mol. The summed E-state index contributed by atoms with van der Waals surface area (Å²) in [5.41, 5.74) is 5.84. The van der Waals surface area contributed by atoms with Gasteiger partial charge in [-0.2, -0.15) is 0 Å². The second-order valence-electron chi connectivity index (χ2n) is 8.71. The molecule has 0 radical (unpaired) electrons. The van der Waals surface area contributed by atoms with E-state index in [-0.39, 0.29) is 5.97 Å². The summed E-state index contributed by atoms with van der Waals surface area (Å²) in [5, 5.41) is 2.89. The summed E-state index contributed by atoms with van der Waals surface area (Å²) < 4.78 is 11.7. The molecule has 0 atom stereocenters. The Hall–Kier alpha value is -3.12. The van der Waals surface area contributed by atoms with Gasteiger partial charge in [-0.25, -0.2) is 4.98 Å². The summed E-state index contributed by atoms with van der Waals surface area (Å²) in [7, 11) is 1.66. The number of aromatic nitrogens is 1. The van der Waals surface area contributed by atoms with E-state index in [1.807, 2.05) is 12.1 Å². The predicted octanol–water partition coefficient (Wildman–Crippen LogP) is 5.11. The maximum atomic E-state index is 12.0. The number of methoxy groups -OCH3 is 1. The molecule has 1 aliphatic carbocycles. The summed E-state index contributed by atoms with van der Waals surface area (Å²) in [5.74, 6) is 1.16.